The van der Waals surface area contributed by atoms with Gasteiger partial charge in [0.1, 0.15) is 11.6 Å². The van der Waals surface area contributed by atoms with Gasteiger partial charge in [-0.1, -0.05) is 0 Å². The first kappa shape index (κ1) is 12.1. The number of fused-ring (bicyclic) bond motifs is 1. The van der Waals surface area contributed by atoms with Gasteiger partial charge in [-0.3, -0.25) is 0 Å². The Labute approximate surface area is 113 Å². The minimum atomic E-state index is -0.275. The first-order valence-electron chi connectivity index (χ1n) is 6.01. The van der Waals surface area contributed by atoms with Gasteiger partial charge in [-0.05, 0) is 41.3 Å². The molecule has 0 bridgehead atoms. The second kappa shape index (κ2) is 4.31. The Kier molecular flexibility index (Phi) is 2.90. The summed E-state index contributed by atoms with van der Waals surface area (Å²) in [5.41, 5.74) is 1.45. The van der Waals surface area contributed by atoms with Crippen LogP contribution >= 0.6 is 15.9 Å². The van der Waals surface area contributed by atoms with Gasteiger partial charge < -0.3 is 9.72 Å². The molecule has 1 aliphatic carbocycles. The Morgan fingerprint density at radius 2 is 2.28 bits per heavy atom. The van der Waals surface area contributed by atoms with E-state index in [-0.39, 0.29) is 11.4 Å². The predicted octanol–water partition coefficient (Wildman–Crippen LogP) is 3.58. The summed E-state index contributed by atoms with van der Waals surface area (Å²) in [5.74, 6) is 0.590. The number of benzene rings is 1. The molecule has 0 saturated heterocycles. The van der Waals surface area contributed by atoms with E-state index in [0.717, 1.165) is 36.1 Å². The zero-order valence-electron chi connectivity index (χ0n) is 10.1. The minimum absolute atomic E-state index is 0.0658. The van der Waals surface area contributed by atoms with E-state index in [4.69, 9.17) is 4.74 Å². The molecule has 1 aromatic carbocycles. The van der Waals surface area contributed by atoms with Crippen molar-refractivity contribution in [3.05, 3.63) is 28.2 Å². The topological polar surface area (TPSA) is 37.9 Å². The van der Waals surface area contributed by atoms with Gasteiger partial charge in [0.2, 0.25) is 0 Å². The molecular weight excluding hydrogens is 299 g/mol. The maximum absolute atomic E-state index is 13.4. The quantitative estimate of drug-likeness (QED) is 0.940. The summed E-state index contributed by atoms with van der Waals surface area (Å²) in [6, 6.07) is 3.17. The number of halogens is 2. The molecule has 18 heavy (non-hydrogen) atoms. The van der Waals surface area contributed by atoms with E-state index in [9.17, 15) is 4.39 Å². The average Bonchev–Trinajstić information content (AvgIpc) is 2.66. The van der Waals surface area contributed by atoms with Crippen LogP contribution in [0, 0.1) is 5.82 Å². The molecular formula is C13H14BrFN2O. The van der Waals surface area contributed by atoms with Gasteiger partial charge in [-0.2, -0.15) is 0 Å². The third-order valence-corrected chi connectivity index (χ3v) is 4.37. The van der Waals surface area contributed by atoms with E-state index in [1.54, 1.807) is 13.2 Å². The van der Waals surface area contributed by atoms with Crippen LogP contribution in [0.3, 0.4) is 0 Å². The van der Waals surface area contributed by atoms with Crippen molar-refractivity contribution in [2.45, 2.75) is 31.3 Å². The van der Waals surface area contributed by atoms with Crippen molar-refractivity contribution in [3.63, 3.8) is 0 Å². The molecule has 0 aliphatic heterocycles. The fraction of sp³-hybridized carbons (Fsp3) is 0.462. The Morgan fingerprint density at radius 1 is 1.50 bits per heavy atom. The highest BCUT2D eigenvalue weighted by atomic mass is 79.9. The van der Waals surface area contributed by atoms with Gasteiger partial charge in [0.15, 0.2) is 0 Å². The van der Waals surface area contributed by atoms with Crippen molar-refractivity contribution in [1.29, 1.82) is 0 Å². The number of aromatic nitrogens is 2. The number of aromatic amines is 1. The third kappa shape index (κ3) is 1.95. The number of hydrogen-bond donors (Lipinski definition) is 1. The molecule has 1 saturated carbocycles. The molecule has 5 heteroatoms. The lowest BCUT2D eigenvalue weighted by Gasteiger charge is -2.39. The lowest BCUT2D eigenvalue weighted by Crippen LogP contribution is -2.41. The summed E-state index contributed by atoms with van der Waals surface area (Å²) >= 11 is 3.17. The lowest BCUT2D eigenvalue weighted by molar-refractivity contribution is -0.0719. The van der Waals surface area contributed by atoms with E-state index < -0.39 is 0 Å². The Hall–Kier alpha value is -0.940. The van der Waals surface area contributed by atoms with Crippen LogP contribution in [0.25, 0.3) is 11.0 Å². The standard InChI is InChI=1S/C13H14BrFN2O/c1-18-13(3-2-4-13)7-12-16-10-5-8(14)9(15)6-11(10)17-12/h5-6H,2-4,7H2,1H3,(H,16,17). The van der Waals surface area contributed by atoms with Gasteiger partial charge in [0.05, 0.1) is 21.1 Å². The van der Waals surface area contributed by atoms with Crippen LogP contribution in [0.2, 0.25) is 0 Å². The predicted molar refractivity (Wildman–Crippen MR) is 71.0 cm³/mol. The average molecular weight is 313 g/mol. The van der Waals surface area contributed by atoms with Crippen LogP contribution in [0.1, 0.15) is 25.1 Å². The molecule has 3 rings (SSSR count). The van der Waals surface area contributed by atoms with Gasteiger partial charge in [0, 0.05) is 19.6 Å². The molecule has 0 radical (unpaired) electrons. The van der Waals surface area contributed by atoms with Crippen molar-refractivity contribution >= 4 is 27.0 Å². The number of H-pyrrole nitrogens is 1. The summed E-state index contributed by atoms with van der Waals surface area (Å²) in [4.78, 5) is 7.67. The van der Waals surface area contributed by atoms with Crippen molar-refractivity contribution in [2.24, 2.45) is 0 Å². The molecule has 1 heterocycles. The van der Waals surface area contributed by atoms with E-state index in [1.807, 2.05) is 0 Å². The summed E-state index contributed by atoms with van der Waals surface area (Å²) in [6.45, 7) is 0. The Bertz CT molecular complexity index is 547. The van der Waals surface area contributed by atoms with E-state index in [1.165, 1.54) is 12.5 Å². The van der Waals surface area contributed by atoms with Gasteiger partial charge >= 0.3 is 0 Å². The van der Waals surface area contributed by atoms with Gasteiger partial charge in [0.25, 0.3) is 0 Å². The number of rotatable bonds is 3. The molecule has 0 spiro atoms. The number of ether oxygens (including phenoxy) is 1. The number of nitrogens with zero attached hydrogens (tertiary/aromatic N) is 1. The van der Waals surface area contributed by atoms with Crippen LogP contribution in [0.15, 0.2) is 16.6 Å². The van der Waals surface area contributed by atoms with Crippen LogP contribution in [0.4, 0.5) is 4.39 Å². The second-order valence-corrected chi connectivity index (χ2v) is 5.74. The SMILES string of the molecule is COC1(Cc2nc3cc(Br)c(F)cc3[nH]2)CCC1. The smallest absolute Gasteiger partial charge is 0.139 e. The summed E-state index contributed by atoms with van der Waals surface area (Å²) in [7, 11) is 1.75. The molecule has 1 fully saturated rings. The highest BCUT2D eigenvalue weighted by Crippen LogP contribution is 2.37. The second-order valence-electron chi connectivity index (χ2n) is 4.88. The molecule has 0 amide bonds. The van der Waals surface area contributed by atoms with Crippen molar-refractivity contribution in [3.8, 4) is 0 Å². The molecule has 1 aromatic heterocycles. The molecule has 0 unspecified atom stereocenters. The van der Waals surface area contributed by atoms with Crippen LogP contribution in [-0.4, -0.2) is 22.7 Å². The molecule has 1 N–H and O–H groups in total. The largest absolute Gasteiger partial charge is 0.378 e. The summed E-state index contributed by atoms with van der Waals surface area (Å²) < 4.78 is 19.4. The molecule has 96 valence electrons. The highest BCUT2D eigenvalue weighted by molar-refractivity contribution is 9.10. The minimum Gasteiger partial charge on any atom is -0.378 e. The first-order chi connectivity index (χ1) is 8.62. The number of hydrogen-bond acceptors (Lipinski definition) is 2. The Balaban J connectivity index is 1.93. The molecule has 0 atom stereocenters. The van der Waals surface area contributed by atoms with E-state index in [2.05, 4.69) is 25.9 Å². The third-order valence-electron chi connectivity index (χ3n) is 3.76. The van der Waals surface area contributed by atoms with Gasteiger partial charge in [-0.15, -0.1) is 0 Å². The summed E-state index contributed by atoms with van der Waals surface area (Å²) in [6.07, 6.45) is 4.10. The maximum Gasteiger partial charge on any atom is 0.139 e. The normalized spacial score (nSPS) is 17.9. The van der Waals surface area contributed by atoms with Crippen LogP contribution in [-0.2, 0) is 11.2 Å². The zero-order valence-corrected chi connectivity index (χ0v) is 11.7. The van der Waals surface area contributed by atoms with E-state index in [0.29, 0.717) is 4.47 Å². The van der Waals surface area contributed by atoms with Crippen LogP contribution in [0.5, 0.6) is 0 Å². The fourth-order valence-electron chi connectivity index (χ4n) is 2.47. The molecule has 2 aromatic rings. The highest BCUT2D eigenvalue weighted by Gasteiger charge is 2.37. The van der Waals surface area contributed by atoms with E-state index >= 15 is 0 Å². The van der Waals surface area contributed by atoms with Crippen molar-refractivity contribution in [2.75, 3.05) is 7.11 Å². The molecule has 3 nitrogen and oxygen atoms in total. The zero-order chi connectivity index (χ0) is 12.8. The van der Waals surface area contributed by atoms with Crippen LogP contribution < -0.4 is 0 Å². The summed E-state index contributed by atoms with van der Waals surface area (Å²) in [5, 5.41) is 0. The Morgan fingerprint density at radius 3 is 2.89 bits per heavy atom. The number of imidazole rings is 1. The number of nitrogens with one attached hydrogen (secondary N) is 1. The van der Waals surface area contributed by atoms with Crippen molar-refractivity contribution < 1.29 is 9.13 Å². The monoisotopic (exact) mass is 312 g/mol. The fourth-order valence-corrected chi connectivity index (χ4v) is 2.80. The number of methoxy groups -OCH3 is 1. The molecule has 1 aliphatic rings. The van der Waals surface area contributed by atoms with Gasteiger partial charge in [-0.25, -0.2) is 9.37 Å². The first-order valence-corrected chi connectivity index (χ1v) is 6.80. The van der Waals surface area contributed by atoms with Crippen molar-refractivity contribution in [1.82, 2.24) is 9.97 Å². The maximum atomic E-state index is 13.4. The lowest BCUT2D eigenvalue weighted by atomic mass is 9.77.